The summed E-state index contributed by atoms with van der Waals surface area (Å²) < 4.78 is 20.4. The molecule has 4 aromatic rings. The summed E-state index contributed by atoms with van der Waals surface area (Å²) in [6, 6.07) is 10.4. The van der Waals surface area contributed by atoms with Gasteiger partial charge in [-0.15, -0.1) is 0 Å². The molecule has 1 saturated heterocycles. The van der Waals surface area contributed by atoms with Crippen molar-refractivity contribution in [2.75, 3.05) is 37.7 Å². The predicted octanol–water partition coefficient (Wildman–Crippen LogP) is 2.58. The van der Waals surface area contributed by atoms with Crippen LogP contribution in [-0.2, 0) is 4.79 Å². The summed E-state index contributed by atoms with van der Waals surface area (Å²) >= 11 is 0. The number of nitrogens with zero attached hydrogens (tertiary/aromatic N) is 7. The van der Waals surface area contributed by atoms with Gasteiger partial charge in [0.15, 0.2) is 6.10 Å². The van der Waals surface area contributed by atoms with Gasteiger partial charge >= 0.3 is 0 Å². The number of piperazine rings is 1. The zero-order chi connectivity index (χ0) is 25.9. The van der Waals surface area contributed by atoms with E-state index in [9.17, 15) is 19.6 Å². The molecule has 0 radical (unpaired) electrons. The Hall–Kier alpha value is -4.56. The van der Waals surface area contributed by atoms with Crippen molar-refractivity contribution in [2.24, 2.45) is 0 Å². The van der Waals surface area contributed by atoms with Gasteiger partial charge < -0.3 is 19.6 Å². The Morgan fingerprint density at radius 1 is 1.16 bits per heavy atom. The first-order valence-electron chi connectivity index (χ1n) is 11.8. The Bertz CT molecular complexity index is 1460. The van der Waals surface area contributed by atoms with Crippen LogP contribution in [0.1, 0.15) is 24.3 Å². The quantitative estimate of drug-likeness (QED) is 0.428. The summed E-state index contributed by atoms with van der Waals surface area (Å²) in [5.74, 6) is 0.398. The molecule has 1 fully saturated rings. The molecule has 0 aromatic carbocycles. The van der Waals surface area contributed by atoms with Gasteiger partial charge in [0.25, 0.3) is 5.91 Å². The molecular weight excluding hydrogens is 477 g/mol. The number of carbonyl (C=O) groups excluding carboxylic acids is 1. The largest absolute Gasteiger partial charge is 0.492 e. The summed E-state index contributed by atoms with van der Waals surface area (Å²) in [6.45, 7) is 4.27. The van der Waals surface area contributed by atoms with Crippen molar-refractivity contribution >= 4 is 17.2 Å². The number of anilines is 1. The number of hydrogen-bond donors (Lipinski definition) is 1. The van der Waals surface area contributed by atoms with Gasteiger partial charge in [-0.2, -0.15) is 10.4 Å². The molecule has 0 unspecified atom stereocenters. The van der Waals surface area contributed by atoms with Crippen molar-refractivity contribution in [3.8, 4) is 22.9 Å². The third kappa shape index (κ3) is 4.79. The molecule has 5 rings (SSSR count). The number of aliphatic hydroxyl groups is 1. The van der Waals surface area contributed by atoms with Crippen molar-refractivity contribution in [2.45, 2.75) is 13.0 Å². The Morgan fingerprint density at radius 2 is 1.97 bits per heavy atom. The molecule has 0 aliphatic carbocycles. The second-order valence-corrected chi connectivity index (χ2v) is 8.51. The van der Waals surface area contributed by atoms with Gasteiger partial charge in [-0.25, -0.2) is 13.9 Å². The average Bonchev–Trinajstić information content (AvgIpc) is 3.36. The van der Waals surface area contributed by atoms with Crippen molar-refractivity contribution in [1.29, 1.82) is 5.26 Å². The van der Waals surface area contributed by atoms with Crippen LogP contribution in [0.5, 0.6) is 5.75 Å². The van der Waals surface area contributed by atoms with Crippen LogP contribution in [0.4, 0.5) is 10.2 Å². The monoisotopic (exact) mass is 501 g/mol. The van der Waals surface area contributed by atoms with Crippen LogP contribution in [-0.4, -0.2) is 68.3 Å². The van der Waals surface area contributed by atoms with Crippen molar-refractivity contribution < 1.29 is 19.0 Å². The summed E-state index contributed by atoms with van der Waals surface area (Å²) in [4.78, 5) is 24.8. The smallest absolute Gasteiger partial charge is 0.257 e. The maximum absolute atomic E-state index is 13.1. The highest BCUT2D eigenvalue weighted by atomic mass is 19.1. The molecule has 0 bridgehead atoms. The van der Waals surface area contributed by atoms with Crippen LogP contribution in [0.25, 0.3) is 16.6 Å². The fourth-order valence-electron chi connectivity index (χ4n) is 4.38. The van der Waals surface area contributed by atoms with E-state index in [0.29, 0.717) is 49.6 Å². The third-order valence-electron chi connectivity index (χ3n) is 6.26. The number of pyridine rings is 3. The maximum atomic E-state index is 13.1. The lowest BCUT2D eigenvalue weighted by Gasteiger charge is -2.36. The van der Waals surface area contributed by atoms with Crippen LogP contribution in [0.3, 0.4) is 0 Å². The van der Waals surface area contributed by atoms with Crippen LogP contribution >= 0.6 is 0 Å². The first-order chi connectivity index (χ1) is 18.0. The lowest BCUT2D eigenvalue weighted by molar-refractivity contribution is -0.141. The number of ether oxygens (including phenoxy) is 1. The summed E-state index contributed by atoms with van der Waals surface area (Å²) in [5, 5.41) is 24.2. The number of rotatable bonds is 6. The average molecular weight is 502 g/mol. The van der Waals surface area contributed by atoms with E-state index in [1.165, 1.54) is 12.3 Å². The summed E-state index contributed by atoms with van der Waals surface area (Å²) in [6.07, 6.45) is 4.56. The predicted molar refractivity (Wildman–Crippen MR) is 132 cm³/mol. The molecule has 1 aliphatic rings. The third-order valence-corrected chi connectivity index (χ3v) is 6.26. The van der Waals surface area contributed by atoms with Crippen LogP contribution in [0, 0.1) is 17.1 Å². The van der Waals surface area contributed by atoms with Gasteiger partial charge in [-0.05, 0) is 37.3 Å². The number of halogens is 1. The maximum Gasteiger partial charge on any atom is 0.257 e. The minimum atomic E-state index is -1.43. The van der Waals surface area contributed by atoms with Crippen molar-refractivity contribution in [1.82, 2.24) is 24.5 Å². The standard InChI is InChI=1S/C26H24FN7O3/c1-2-37-20-11-21(24-18(12-28)14-31-34(24)16-20)17-3-6-23(30-13-17)32-7-9-33(10-8-32)26(36)25(35)22-5-4-19(27)15-29-22/h3-6,11,13-16,25,35H,2,7-10H2,1H3/t25-/m1/s1. The van der Waals surface area contributed by atoms with E-state index in [2.05, 4.69) is 26.0 Å². The highest BCUT2D eigenvalue weighted by Crippen LogP contribution is 2.31. The van der Waals surface area contributed by atoms with E-state index in [0.717, 1.165) is 29.2 Å². The second kappa shape index (κ2) is 10.2. The normalized spacial score (nSPS) is 14.4. The minimum Gasteiger partial charge on any atom is -0.492 e. The second-order valence-electron chi connectivity index (χ2n) is 8.51. The Balaban J connectivity index is 1.30. The van der Waals surface area contributed by atoms with E-state index < -0.39 is 17.8 Å². The number of aromatic nitrogens is 4. The summed E-state index contributed by atoms with van der Waals surface area (Å²) in [7, 11) is 0. The minimum absolute atomic E-state index is 0.117. The van der Waals surface area contributed by atoms with Gasteiger partial charge in [0.2, 0.25) is 0 Å². The number of nitriles is 1. The van der Waals surface area contributed by atoms with Gasteiger partial charge in [-0.3, -0.25) is 9.78 Å². The molecule has 0 saturated carbocycles. The molecule has 0 spiro atoms. The zero-order valence-electron chi connectivity index (χ0n) is 20.1. The molecule has 1 amide bonds. The van der Waals surface area contributed by atoms with Crippen LogP contribution in [0.2, 0.25) is 0 Å². The van der Waals surface area contributed by atoms with Crippen molar-refractivity contribution in [3.63, 3.8) is 0 Å². The highest BCUT2D eigenvalue weighted by Gasteiger charge is 2.28. The molecule has 4 aromatic heterocycles. The molecule has 11 heteroatoms. The number of aliphatic hydroxyl groups excluding tert-OH is 1. The molecule has 188 valence electrons. The number of hydrogen-bond acceptors (Lipinski definition) is 8. The molecule has 1 aliphatic heterocycles. The lowest BCUT2D eigenvalue weighted by Crippen LogP contribution is -2.50. The number of carbonyl (C=O) groups is 1. The molecule has 1 atom stereocenters. The SMILES string of the molecule is CCOc1cc(-c2ccc(N3CCN(C(=O)[C@H](O)c4ccc(F)cn4)CC3)nc2)c2c(C#N)cnn2c1. The molecule has 37 heavy (non-hydrogen) atoms. The van der Waals surface area contributed by atoms with Gasteiger partial charge in [-0.1, -0.05) is 0 Å². The van der Waals surface area contributed by atoms with E-state index in [-0.39, 0.29) is 5.69 Å². The van der Waals surface area contributed by atoms with E-state index >= 15 is 0 Å². The first-order valence-corrected chi connectivity index (χ1v) is 11.8. The lowest BCUT2D eigenvalue weighted by atomic mass is 10.1. The topological polar surface area (TPSA) is 120 Å². The number of amides is 1. The van der Waals surface area contributed by atoms with E-state index in [1.807, 2.05) is 25.1 Å². The Morgan fingerprint density at radius 3 is 2.62 bits per heavy atom. The van der Waals surface area contributed by atoms with Gasteiger partial charge in [0.1, 0.15) is 23.5 Å². The van der Waals surface area contributed by atoms with Gasteiger partial charge in [0.05, 0.1) is 42.0 Å². The van der Waals surface area contributed by atoms with Gasteiger partial charge in [0, 0.05) is 43.5 Å². The van der Waals surface area contributed by atoms with E-state index in [1.54, 1.807) is 21.8 Å². The zero-order valence-corrected chi connectivity index (χ0v) is 20.1. The van der Waals surface area contributed by atoms with E-state index in [4.69, 9.17) is 4.74 Å². The Kier molecular flexibility index (Phi) is 6.66. The molecule has 10 nitrogen and oxygen atoms in total. The van der Waals surface area contributed by atoms with Crippen molar-refractivity contribution in [3.05, 3.63) is 72.2 Å². The fourth-order valence-corrected chi connectivity index (χ4v) is 4.38. The molecular formula is C26H24FN7O3. The molecule has 5 heterocycles. The molecule has 1 N–H and O–H groups in total. The van der Waals surface area contributed by atoms with Crippen LogP contribution in [0.15, 0.2) is 55.1 Å². The Labute approximate surface area is 212 Å². The summed E-state index contributed by atoms with van der Waals surface area (Å²) in [5.41, 5.74) is 2.86. The highest BCUT2D eigenvalue weighted by molar-refractivity contribution is 5.85. The first kappa shape index (κ1) is 24.1. The fraction of sp³-hybridized carbons (Fsp3) is 0.269. The van der Waals surface area contributed by atoms with Crippen LogP contribution < -0.4 is 9.64 Å². The number of fused-ring (bicyclic) bond motifs is 1.